The van der Waals surface area contributed by atoms with E-state index < -0.39 is 6.10 Å². The zero-order chi connectivity index (χ0) is 13.5. The summed E-state index contributed by atoms with van der Waals surface area (Å²) in [5, 5.41) is 9.97. The summed E-state index contributed by atoms with van der Waals surface area (Å²) in [4.78, 5) is 0. The highest BCUT2D eigenvalue weighted by molar-refractivity contribution is 5.29. The zero-order valence-electron chi connectivity index (χ0n) is 11.7. The van der Waals surface area contributed by atoms with Crippen LogP contribution in [0.5, 0.6) is 5.75 Å². The van der Waals surface area contributed by atoms with Gasteiger partial charge >= 0.3 is 0 Å². The molecule has 1 atom stereocenters. The van der Waals surface area contributed by atoms with Gasteiger partial charge in [0.05, 0.1) is 19.3 Å². The lowest BCUT2D eigenvalue weighted by Crippen LogP contribution is -2.50. The van der Waals surface area contributed by atoms with Gasteiger partial charge in [-0.2, -0.15) is 0 Å². The highest BCUT2D eigenvalue weighted by atomic mass is 16.5. The first-order chi connectivity index (χ1) is 9.29. The lowest BCUT2D eigenvalue weighted by atomic mass is 9.90. The van der Waals surface area contributed by atoms with E-state index >= 15 is 0 Å². The maximum absolute atomic E-state index is 9.97. The van der Waals surface area contributed by atoms with Crippen LogP contribution in [0.15, 0.2) is 24.3 Å². The Bertz CT molecular complexity index is 375. The maximum Gasteiger partial charge on any atom is 0.119 e. The topological polar surface area (TPSA) is 57.1 Å². The molecule has 1 aliphatic carbocycles. The van der Waals surface area contributed by atoms with Gasteiger partial charge in [-0.1, -0.05) is 31.4 Å². The second-order valence-corrected chi connectivity index (χ2v) is 5.55. The third-order valence-corrected chi connectivity index (χ3v) is 3.93. The zero-order valence-corrected chi connectivity index (χ0v) is 11.7. The lowest BCUT2D eigenvalue weighted by Gasteiger charge is -2.22. The SMILES string of the molecule is [NH3+]CCC(O)c1cccc(OCC2CCCCC2)c1. The number of hydrogen-bond acceptors (Lipinski definition) is 2. The van der Waals surface area contributed by atoms with E-state index in [0.717, 1.165) is 24.5 Å². The molecule has 106 valence electrons. The van der Waals surface area contributed by atoms with Crippen molar-refractivity contribution < 1.29 is 15.6 Å². The normalized spacial score (nSPS) is 18.2. The van der Waals surface area contributed by atoms with Gasteiger partial charge in [-0.25, -0.2) is 0 Å². The molecule has 1 aliphatic rings. The van der Waals surface area contributed by atoms with Crippen LogP contribution in [0.3, 0.4) is 0 Å². The summed E-state index contributed by atoms with van der Waals surface area (Å²) in [5.74, 6) is 1.59. The fourth-order valence-corrected chi connectivity index (χ4v) is 2.74. The van der Waals surface area contributed by atoms with Crippen molar-refractivity contribution in [2.75, 3.05) is 13.2 Å². The second-order valence-electron chi connectivity index (χ2n) is 5.55. The Labute approximate surface area is 115 Å². The van der Waals surface area contributed by atoms with Crippen molar-refractivity contribution in [3.63, 3.8) is 0 Å². The molecule has 0 bridgehead atoms. The van der Waals surface area contributed by atoms with E-state index in [4.69, 9.17) is 4.74 Å². The van der Waals surface area contributed by atoms with Crippen LogP contribution < -0.4 is 10.5 Å². The van der Waals surface area contributed by atoms with Gasteiger partial charge in [0, 0.05) is 6.42 Å². The summed E-state index contributed by atoms with van der Waals surface area (Å²) in [6.45, 7) is 1.56. The van der Waals surface area contributed by atoms with Crippen molar-refractivity contribution >= 4 is 0 Å². The van der Waals surface area contributed by atoms with Gasteiger partial charge < -0.3 is 15.6 Å². The Morgan fingerprint density at radius 1 is 1.26 bits per heavy atom. The van der Waals surface area contributed by atoms with Crippen molar-refractivity contribution in [1.82, 2.24) is 0 Å². The molecule has 0 saturated heterocycles. The van der Waals surface area contributed by atoms with E-state index in [2.05, 4.69) is 5.73 Å². The van der Waals surface area contributed by atoms with Gasteiger partial charge in [-0.15, -0.1) is 0 Å². The number of rotatable bonds is 6. The summed E-state index contributed by atoms with van der Waals surface area (Å²) in [6.07, 6.45) is 6.94. The molecule has 4 N–H and O–H groups in total. The van der Waals surface area contributed by atoms with E-state index in [0.29, 0.717) is 12.3 Å². The van der Waals surface area contributed by atoms with Gasteiger partial charge in [0.15, 0.2) is 0 Å². The monoisotopic (exact) mass is 264 g/mol. The van der Waals surface area contributed by atoms with Crippen molar-refractivity contribution in [2.24, 2.45) is 5.92 Å². The molecular weight excluding hydrogens is 238 g/mol. The van der Waals surface area contributed by atoms with Gasteiger partial charge in [0.1, 0.15) is 5.75 Å². The number of ether oxygens (including phenoxy) is 1. The molecule has 19 heavy (non-hydrogen) atoms. The van der Waals surface area contributed by atoms with E-state index in [1.807, 2.05) is 24.3 Å². The third kappa shape index (κ3) is 4.51. The van der Waals surface area contributed by atoms with Crippen LogP contribution in [-0.4, -0.2) is 18.3 Å². The van der Waals surface area contributed by atoms with Crippen LogP contribution in [0.25, 0.3) is 0 Å². The molecule has 2 rings (SSSR count). The number of quaternary nitrogens is 1. The number of aliphatic hydroxyl groups excluding tert-OH is 1. The predicted octanol–water partition coefficient (Wildman–Crippen LogP) is 2.31. The maximum atomic E-state index is 9.97. The van der Waals surface area contributed by atoms with Crippen LogP contribution in [0.1, 0.15) is 50.2 Å². The Hall–Kier alpha value is -1.06. The summed E-state index contributed by atoms with van der Waals surface area (Å²) < 4.78 is 5.89. The minimum absolute atomic E-state index is 0.421. The molecule has 0 radical (unpaired) electrons. The van der Waals surface area contributed by atoms with Gasteiger partial charge in [-0.3, -0.25) is 0 Å². The summed E-state index contributed by atoms with van der Waals surface area (Å²) in [5.41, 5.74) is 4.71. The fraction of sp³-hybridized carbons (Fsp3) is 0.625. The predicted molar refractivity (Wildman–Crippen MR) is 75.8 cm³/mol. The van der Waals surface area contributed by atoms with Crippen LogP contribution in [0.2, 0.25) is 0 Å². The lowest BCUT2D eigenvalue weighted by molar-refractivity contribution is -0.371. The highest BCUT2D eigenvalue weighted by Crippen LogP contribution is 2.26. The van der Waals surface area contributed by atoms with Crippen LogP contribution in [0, 0.1) is 5.92 Å². The number of hydrogen-bond donors (Lipinski definition) is 2. The van der Waals surface area contributed by atoms with Crippen molar-refractivity contribution in [3.05, 3.63) is 29.8 Å². The van der Waals surface area contributed by atoms with Crippen molar-refractivity contribution in [2.45, 2.75) is 44.6 Å². The average molecular weight is 264 g/mol. The molecule has 3 heteroatoms. The number of benzene rings is 1. The highest BCUT2D eigenvalue weighted by Gasteiger charge is 2.14. The van der Waals surface area contributed by atoms with E-state index in [-0.39, 0.29) is 0 Å². The Morgan fingerprint density at radius 3 is 2.79 bits per heavy atom. The van der Waals surface area contributed by atoms with Gasteiger partial charge in [0.2, 0.25) is 0 Å². The molecule has 3 nitrogen and oxygen atoms in total. The van der Waals surface area contributed by atoms with E-state index in [1.165, 1.54) is 32.1 Å². The molecule has 0 spiro atoms. The van der Waals surface area contributed by atoms with Crippen molar-refractivity contribution in [1.29, 1.82) is 0 Å². The fourth-order valence-electron chi connectivity index (χ4n) is 2.74. The Balaban J connectivity index is 1.87. The van der Waals surface area contributed by atoms with E-state index in [1.54, 1.807) is 0 Å². The molecule has 0 aromatic heterocycles. The van der Waals surface area contributed by atoms with Gasteiger partial charge in [-0.05, 0) is 36.5 Å². The first-order valence-electron chi connectivity index (χ1n) is 7.49. The van der Waals surface area contributed by atoms with Crippen molar-refractivity contribution in [3.8, 4) is 5.75 Å². The summed E-state index contributed by atoms with van der Waals surface area (Å²) in [6, 6.07) is 7.85. The molecule has 0 aliphatic heterocycles. The first-order valence-corrected chi connectivity index (χ1v) is 7.49. The third-order valence-electron chi connectivity index (χ3n) is 3.93. The smallest absolute Gasteiger partial charge is 0.119 e. The first kappa shape index (κ1) is 14.4. The molecule has 1 aromatic carbocycles. The van der Waals surface area contributed by atoms with E-state index in [9.17, 15) is 5.11 Å². The van der Waals surface area contributed by atoms with Crippen LogP contribution in [-0.2, 0) is 0 Å². The minimum Gasteiger partial charge on any atom is -0.493 e. The second kappa shape index (κ2) is 7.51. The Kier molecular flexibility index (Phi) is 5.67. The number of aliphatic hydroxyl groups is 1. The molecule has 1 aromatic rings. The summed E-state index contributed by atoms with van der Waals surface area (Å²) in [7, 11) is 0. The van der Waals surface area contributed by atoms with Crippen LogP contribution in [0.4, 0.5) is 0 Å². The quantitative estimate of drug-likeness (QED) is 0.828. The molecular formula is C16H26NO2+. The molecule has 1 unspecified atom stereocenters. The molecule has 1 saturated carbocycles. The molecule has 0 heterocycles. The molecule has 1 fully saturated rings. The average Bonchev–Trinajstić information content (AvgIpc) is 2.47. The minimum atomic E-state index is -0.421. The largest absolute Gasteiger partial charge is 0.493 e. The van der Waals surface area contributed by atoms with Crippen LogP contribution >= 0.6 is 0 Å². The Morgan fingerprint density at radius 2 is 2.05 bits per heavy atom. The standard InChI is InChI=1S/C16H25NO2/c17-10-9-16(18)14-7-4-8-15(11-14)19-12-13-5-2-1-3-6-13/h4,7-8,11,13,16,18H,1-3,5-6,9-10,12,17H2/p+1. The van der Waals surface area contributed by atoms with Gasteiger partial charge in [0.25, 0.3) is 0 Å². The molecule has 0 amide bonds. The summed E-state index contributed by atoms with van der Waals surface area (Å²) >= 11 is 0.